The van der Waals surface area contributed by atoms with Gasteiger partial charge in [-0.1, -0.05) is 59.2 Å². The van der Waals surface area contributed by atoms with Crippen LogP contribution in [0.25, 0.3) is 17.1 Å². The van der Waals surface area contributed by atoms with E-state index in [9.17, 15) is 14.7 Å². The zero-order valence-electron chi connectivity index (χ0n) is 21.3. The second-order valence-corrected chi connectivity index (χ2v) is 13.2. The minimum atomic E-state index is -0.205. The van der Waals surface area contributed by atoms with Gasteiger partial charge in [0.2, 0.25) is 0 Å². The summed E-state index contributed by atoms with van der Waals surface area (Å²) in [7, 11) is 0. The van der Waals surface area contributed by atoms with Crippen LogP contribution < -0.4 is 29.3 Å². The number of benzene rings is 1. The van der Waals surface area contributed by atoms with E-state index < -0.39 is 0 Å². The standard InChI is InChI=1S/C26H26N4O3S5/c1-5-27-15-11-9-10-12-16(15)35-19(27)14-20-28(6-2)22(31)17(36-20)13-18-23(32)29(7-3)25(37-18)21-24(33)30(8-4)26(34)38-21/h9-14H,5-8H2,1-4H3. The molecule has 0 unspecified atom stereocenters. The van der Waals surface area contributed by atoms with Gasteiger partial charge in [0.1, 0.15) is 20.4 Å². The van der Waals surface area contributed by atoms with Gasteiger partial charge in [0, 0.05) is 24.5 Å². The van der Waals surface area contributed by atoms with Gasteiger partial charge in [-0.15, -0.1) is 11.3 Å². The summed E-state index contributed by atoms with van der Waals surface area (Å²) in [6, 6.07) is 8.28. The number of carbonyl (C=O) groups is 1. The number of para-hydroxylation sites is 1. The van der Waals surface area contributed by atoms with E-state index in [1.807, 2.05) is 32.9 Å². The van der Waals surface area contributed by atoms with E-state index in [4.69, 9.17) is 12.2 Å². The Morgan fingerprint density at radius 2 is 1.71 bits per heavy atom. The number of thiocarbonyl (C=S) groups is 1. The highest BCUT2D eigenvalue weighted by Crippen LogP contribution is 2.46. The average Bonchev–Trinajstić information content (AvgIpc) is 3.60. The molecule has 0 radical (unpaired) electrons. The number of aromatic nitrogens is 2. The fraction of sp³-hybridized carbons (Fsp3) is 0.308. The van der Waals surface area contributed by atoms with Gasteiger partial charge in [-0.3, -0.25) is 19.1 Å². The Kier molecular flexibility index (Phi) is 7.88. The molecule has 12 heteroatoms. The van der Waals surface area contributed by atoms with Gasteiger partial charge in [0.25, 0.3) is 16.5 Å². The smallest absolute Gasteiger partial charge is 0.269 e. The molecule has 1 amide bonds. The maximum absolute atomic E-state index is 13.4. The molecular formula is C26H26N4O3S5. The Bertz CT molecular complexity index is 1670. The molecule has 0 atom stereocenters. The first kappa shape index (κ1) is 27.2. The first-order valence-electron chi connectivity index (χ1n) is 12.3. The van der Waals surface area contributed by atoms with Gasteiger partial charge in [-0.05, 0) is 45.9 Å². The summed E-state index contributed by atoms with van der Waals surface area (Å²) in [6.07, 6.45) is 3.74. The molecule has 1 saturated heterocycles. The number of nitrogens with zero attached hydrogens (tertiary/aromatic N) is 4. The number of thiazole rings is 2. The normalized spacial score (nSPS) is 18.4. The lowest BCUT2D eigenvalue weighted by atomic mass is 10.3. The Morgan fingerprint density at radius 3 is 2.37 bits per heavy atom. The molecule has 1 fully saturated rings. The minimum Gasteiger partial charge on any atom is -0.822 e. The molecule has 7 nitrogen and oxygen atoms in total. The molecule has 2 aromatic heterocycles. The number of anilines is 1. The van der Waals surface area contributed by atoms with Crippen molar-refractivity contribution < 1.29 is 14.5 Å². The highest BCUT2D eigenvalue weighted by Gasteiger charge is 2.33. The fourth-order valence-electron chi connectivity index (χ4n) is 4.43. The van der Waals surface area contributed by atoms with E-state index in [-0.39, 0.29) is 17.3 Å². The summed E-state index contributed by atoms with van der Waals surface area (Å²) in [5.74, 6) is -0.297. The van der Waals surface area contributed by atoms with E-state index in [0.29, 0.717) is 42.9 Å². The maximum atomic E-state index is 13.4. The van der Waals surface area contributed by atoms with E-state index in [2.05, 4.69) is 30.0 Å². The van der Waals surface area contributed by atoms with E-state index in [0.717, 1.165) is 16.6 Å². The minimum absolute atomic E-state index is 0.123. The molecule has 4 heterocycles. The monoisotopic (exact) mass is 602 g/mol. The van der Waals surface area contributed by atoms with Gasteiger partial charge in [-0.25, -0.2) is 0 Å². The van der Waals surface area contributed by atoms with Gasteiger partial charge < -0.3 is 10.0 Å². The molecular weight excluding hydrogens is 577 g/mol. The van der Waals surface area contributed by atoms with Crippen LogP contribution in [0.1, 0.15) is 37.6 Å². The van der Waals surface area contributed by atoms with Crippen LogP contribution >= 0.6 is 58.4 Å². The van der Waals surface area contributed by atoms with Crippen molar-refractivity contribution in [1.82, 2.24) is 9.47 Å². The molecule has 2 aliphatic heterocycles. The summed E-state index contributed by atoms with van der Waals surface area (Å²) < 4.78 is 4.86. The van der Waals surface area contributed by atoms with Crippen molar-refractivity contribution in [3.8, 4) is 5.88 Å². The van der Waals surface area contributed by atoms with Crippen LogP contribution in [-0.2, 0) is 17.9 Å². The molecule has 0 bridgehead atoms. The largest absolute Gasteiger partial charge is 0.822 e. The van der Waals surface area contributed by atoms with Crippen LogP contribution in [0.3, 0.4) is 0 Å². The Balaban J connectivity index is 1.62. The summed E-state index contributed by atoms with van der Waals surface area (Å²) in [5.41, 5.74) is 0.966. The van der Waals surface area contributed by atoms with Crippen LogP contribution in [0.4, 0.5) is 5.69 Å². The Hall–Kier alpha value is -2.38. The van der Waals surface area contributed by atoms with Crippen LogP contribution in [-0.4, -0.2) is 32.8 Å². The lowest BCUT2D eigenvalue weighted by molar-refractivity contribution is -0.729. The first-order valence-corrected chi connectivity index (χ1v) is 16.0. The molecule has 38 heavy (non-hydrogen) atoms. The highest BCUT2D eigenvalue weighted by molar-refractivity contribution is 8.30. The second kappa shape index (κ2) is 11.0. The number of hydrogen-bond acceptors (Lipinski definition) is 9. The number of amides is 1. The van der Waals surface area contributed by atoms with Crippen LogP contribution in [0.2, 0.25) is 0 Å². The molecule has 1 aromatic carbocycles. The number of carbonyl (C=O) groups excluding carboxylic acids is 1. The van der Waals surface area contributed by atoms with Gasteiger partial charge in [0.15, 0.2) is 5.88 Å². The topological polar surface area (TPSA) is 72.5 Å². The maximum Gasteiger partial charge on any atom is 0.269 e. The molecule has 0 spiro atoms. The van der Waals surface area contributed by atoms with Crippen molar-refractivity contribution in [2.45, 2.75) is 45.7 Å². The zero-order valence-corrected chi connectivity index (χ0v) is 25.4. The molecule has 0 saturated carbocycles. The first-order chi connectivity index (χ1) is 18.3. The van der Waals surface area contributed by atoms with E-state index >= 15 is 0 Å². The van der Waals surface area contributed by atoms with Gasteiger partial charge >= 0.3 is 0 Å². The van der Waals surface area contributed by atoms with E-state index in [1.54, 1.807) is 31.9 Å². The zero-order chi connectivity index (χ0) is 27.1. The third-order valence-electron chi connectivity index (χ3n) is 6.30. The molecule has 5 rings (SSSR count). The Morgan fingerprint density at radius 1 is 0.974 bits per heavy atom. The predicted molar refractivity (Wildman–Crippen MR) is 161 cm³/mol. The van der Waals surface area contributed by atoms with Crippen molar-refractivity contribution in [3.05, 3.63) is 58.7 Å². The lowest BCUT2D eigenvalue weighted by Crippen LogP contribution is -2.37. The van der Waals surface area contributed by atoms with Crippen LogP contribution in [0.5, 0.6) is 5.88 Å². The van der Waals surface area contributed by atoms with Crippen molar-refractivity contribution in [3.63, 3.8) is 0 Å². The number of hydrogen-bond donors (Lipinski definition) is 0. The second-order valence-electron chi connectivity index (χ2n) is 8.36. The number of thioether (sulfide) groups is 2. The van der Waals surface area contributed by atoms with Crippen molar-refractivity contribution in [2.24, 2.45) is 0 Å². The summed E-state index contributed by atoms with van der Waals surface area (Å²) in [4.78, 5) is 32.2. The molecule has 3 aromatic rings. The Labute approximate surface area is 242 Å². The molecule has 0 aliphatic carbocycles. The van der Waals surface area contributed by atoms with Crippen molar-refractivity contribution in [1.29, 1.82) is 0 Å². The fourth-order valence-corrected chi connectivity index (χ4v) is 9.52. The third kappa shape index (κ3) is 4.56. The number of fused-ring (bicyclic) bond motifs is 1. The van der Waals surface area contributed by atoms with Crippen molar-refractivity contribution in [2.75, 3.05) is 18.0 Å². The molecule has 198 valence electrons. The van der Waals surface area contributed by atoms with Crippen molar-refractivity contribution >= 4 is 91.4 Å². The SMILES string of the molecule is CCN1C(=O)C(=c2s/c(=C/c3sc(C=C4Sc5ccccc5N4CC)[n+](CC)c3[O-])c(=O)n2CC)SC1=S. The lowest BCUT2D eigenvalue weighted by Gasteiger charge is -2.17. The molecule has 0 N–H and O–H groups in total. The van der Waals surface area contributed by atoms with Gasteiger partial charge in [0.05, 0.1) is 26.2 Å². The van der Waals surface area contributed by atoms with Crippen LogP contribution in [0, 0.1) is 0 Å². The molecule has 2 aliphatic rings. The average molecular weight is 603 g/mol. The summed E-state index contributed by atoms with van der Waals surface area (Å²) in [6.45, 7) is 10.1. The number of rotatable bonds is 6. The summed E-state index contributed by atoms with van der Waals surface area (Å²) >= 11 is 10.9. The highest BCUT2D eigenvalue weighted by atomic mass is 32.2. The third-order valence-corrected chi connectivity index (χ3v) is 11.2. The summed E-state index contributed by atoms with van der Waals surface area (Å²) in [5, 5.41) is 15.3. The van der Waals surface area contributed by atoms with Crippen LogP contribution in [0.15, 0.2) is 39.0 Å². The quantitative estimate of drug-likeness (QED) is 0.317. The van der Waals surface area contributed by atoms with Gasteiger partial charge in [-0.2, -0.15) is 4.57 Å². The predicted octanol–water partition coefficient (Wildman–Crippen LogP) is 3.12. The van der Waals surface area contributed by atoms with E-state index in [1.165, 1.54) is 45.0 Å².